The van der Waals surface area contributed by atoms with Gasteiger partial charge in [0, 0.05) is 12.0 Å². The molecule has 2 rings (SSSR count). The van der Waals surface area contributed by atoms with Gasteiger partial charge in [0.25, 0.3) is 0 Å². The molecule has 21 heavy (non-hydrogen) atoms. The summed E-state index contributed by atoms with van der Waals surface area (Å²) in [4.78, 5) is 0. The highest BCUT2D eigenvalue weighted by Gasteiger charge is 2.15. The molecule has 0 saturated carbocycles. The standard InChI is InChI=1S/C17H19F2NO/c1-2-21-15-6-3-12(4-7-15)9-13(11-20)16-8-5-14(18)10-17(16)19/h3-8,10,13H,2,9,11,20H2,1H3. The van der Waals surface area contributed by atoms with Gasteiger partial charge in [0.2, 0.25) is 0 Å². The van der Waals surface area contributed by atoms with E-state index in [9.17, 15) is 8.78 Å². The van der Waals surface area contributed by atoms with Crippen molar-refractivity contribution < 1.29 is 13.5 Å². The summed E-state index contributed by atoms with van der Waals surface area (Å²) in [5.74, 6) is -0.494. The molecule has 4 heteroatoms. The summed E-state index contributed by atoms with van der Waals surface area (Å²) >= 11 is 0. The summed E-state index contributed by atoms with van der Waals surface area (Å²) in [6.45, 7) is 2.84. The van der Waals surface area contributed by atoms with Crippen LogP contribution in [0.25, 0.3) is 0 Å². The van der Waals surface area contributed by atoms with Crippen LogP contribution >= 0.6 is 0 Å². The first-order valence-electron chi connectivity index (χ1n) is 7.00. The number of hydrogen-bond donors (Lipinski definition) is 1. The van der Waals surface area contributed by atoms with Crippen LogP contribution in [0.15, 0.2) is 42.5 Å². The van der Waals surface area contributed by atoms with Gasteiger partial charge in [-0.3, -0.25) is 0 Å². The molecule has 0 aromatic heterocycles. The van der Waals surface area contributed by atoms with Gasteiger partial charge in [-0.1, -0.05) is 18.2 Å². The van der Waals surface area contributed by atoms with Gasteiger partial charge in [-0.05, 0) is 49.2 Å². The Balaban J connectivity index is 2.14. The van der Waals surface area contributed by atoms with Crippen molar-refractivity contribution >= 4 is 0 Å². The van der Waals surface area contributed by atoms with Crippen molar-refractivity contribution in [1.82, 2.24) is 0 Å². The van der Waals surface area contributed by atoms with E-state index in [-0.39, 0.29) is 5.92 Å². The molecule has 0 aliphatic heterocycles. The van der Waals surface area contributed by atoms with E-state index in [2.05, 4.69) is 0 Å². The topological polar surface area (TPSA) is 35.2 Å². The summed E-state index contributed by atoms with van der Waals surface area (Å²) in [7, 11) is 0. The van der Waals surface area contributed by atoms with Crippen molar-refractivity contribution in [3.63, 3.8) is 0 Å². The van der Waals surface area contributed by atoms with Gasteiger partial charge in [0.05, 0.1) is 6.61 Å². The molecule has 2 aromatic carbocycles. The molecule has 112 valence electrons. The van der Waals surface area contributed by atoms with Crippen LogP contribution in [0.5, 0.6) is 5.75 Å². The fourth-order valence-corrected chi connectivity index (χ4v) is 2.33. The molecule has 0 spiro atoms. The Morgan fingerprint density at radius 2 is 1.81 bits per heavy atom. The second kappa shape index (κ2) is 7.18. The lowest BCUT2D eigenvalue weighted by Crippen LogP contribution is -2.16. The fourth-order valence-electron chi connectivity index (χ4n) is 2.33. The van der Waals surface area contributed by atoms with E-state index in [1.807, 2.05) is 31.2 Å². The number of nitrogens with two attached hydrogens (primary N) is 1. The summed E-state index contributed by atoms with van der Waals surface area (Å²) in [5.41, 5.74) is 7.24. The van der Waals surface area contributed by atoms with Crippen molar-refractivity contribution in [2.24, 2.45) is 5.73 Å². The Bertz CT molecular complexity index is 584. The van der Waals surface area contributed by atoms with Crippen LogP contribution in [-0.4, -0.2) is 13.2 Å². The van der Waals surface area contributed by atoms with Gasteiger partial charge in [0.1, 0.15) is 17.4 Å². The van der Waals surface area contributed by atoms with Crippen LogP contribution in [0.1, 0.15) is 24.0 Å². The lowest BCUT2D eigenvalue weighted by molar-refractivity contribution is 0.340. The molecule has 0 fully saturated rings. The molecule has 0 bridgehead atoms. The maximum absolute atomic E-state index is 13.8. The van der Waals surface area contributed by atoms with E-state index in [0.29, 0.717) is 25.1 Å². The Morgan fingerprint density at radius 1 is 1.10 bits per heavy atom. The molecular formula is C17H19F2NO. The van der Waals surface area contributed by atoms with Crippen LogP contribution < -0.4 is 10.5 Å². The first-order valence-corrected chi connectivity index (χ1v) is 7.00. The second-order valence-corrected chi connectivity index (χ2v) is 4.88. The third-order valence-electron chi connectivity index (χ3n) is 3.40. The Morgan fingerprint density at radius 3 is 2.38 bits per heavy atom. The molecule has 2 aromatic rings. The average molecular weight is 291 g/mol. The highest BCUT2D eigenvalue weighted by molar-refractivity contribution is 5.30. The highest BCUT2D eigenvalue weighted by atomic mass is 19.1. The van der Waals surface area contributed by atoms with Gasteiger partial charge in [-0.25, -0.2) is 8.78 Å². The van der Waals surface area contributed by atoms with E-state index in [1.165, 1.54) is 12.1 Å². The normalized spacial score (nSPS) is 12.2. The van der Waals surface area contributed by atoms with Crippen molar-refractivity contribution in [2.75, 3.05) is 13.2 Å². The van der Waals surface area contributed by atoms with Gasteiger partial charge < -0.3 is 10.5 Å². The molecule has 1 unspecified atom stereocenters. The summed E-state index contributed by atoms with van der Waals surface area (Å²) in [6, 6.07) is 11.3. The molecular weight excluding hydrogens is 272 g/mol. The Hall–Kier alpha value is -1.94. The number of benzene rings is 2. The van der Waals surface area contributed by atoms with E-state index in [1.54, 1.807) is 0 Å². The first-order chi connectivity index (χ1) is 10.1. The summed E-state index contributed by atoms with van der Waals surface area (Å²) in [6.07, 6.45) is 0.603. The number of hydrogen-bond acceptors (Lipinski definition) is 2. The fraction of sp³-hybridized carbons (Fsp3) is 0.294. The Kier molecular flexibility index (Phi) is 5.28. The molecule has 0 aliphatic rings. The maximum Gasteiger partial charge on any atom is 0.129 e. The van der Waals surface area contributed by atoms with Crippen molar-refractivity contribution in [3.8, 4) is 5.75 Å². The van der Waals surface area contributed by atoms with Gasteiger partial charge >= 0.3 is 0 Å². The largest absolute Gasteiger partial charge is 0.494 e. The number of ether oxygens (including phenoxy) is 1. The lowest BCUT2D eigenvalue weighted by Gasteiger charge is -2.16. The predicted octanol–water partition coefficient (Wildman–Crippen LogP) is 3.65. The zero-order chi connectivity index (χ0) is 15.2. The van der Waals surface area contributed by atoms with Crippen molar-refractivity contribution in [2.45, 2.75) is 19.3 Å². The van der Waals surface area contributed by atoms with Gasteiger partial charge in [0.15, 0.2) is 0 Å². The molecule has 0 aliphatic carbocycles. The first kappa shape index (κ1) is 15.4. The van der Waals surface area contributed by atoms with Crippen LogP contribution in [0, 0.1) is 11.6 Å². The van der Waals surface area contributed by atoms with Crippen molar-refractivity contribution in [3.05, 3.63) is 65.2 Å². The molecule has 1 atom stereocenters. The Labute approximate surface area is 123 Å². The van der Waals surface area contributed by atoms with Crippen molar-refractivity contribution in [1.29, 1.82) is 0 Å². The van der Waals surface area contributed by atoms with Crippen LogP contribution in [0.3, 0.4) is 0 Å². The van der Waals surface area contributed by atoms with E-state index >= 15 is 0 Å². The van der Waals surface area contributed by atoms with Crippen LogP contribution in [0.2, 0.25) is 0 Å². The maximum atomic E-state index is 13.8. The molecule has 0 amide bonds. The molecule has 2 N–H and O–H groups in total. The third-order valence-corrected chi connectivity index (χ3v) is 3.40. The SMILES string of the molecule is CCOc1ccc(CC(CN)c2ccc(F)cc2F)cc1. The van der Waals surface area contributed by atoms with E-state index in [0.717, 1.165) is 17.4 Å². The molecule has 0 radical (unpaired) electrons. The smallest absolute Gasteiger partial charge is 0.129 e. The second-order valence-electron chi connectivity index (χ2n) is 4.88. The summed E-state index contributed by atoms with van der Waals surface area (Å²) in [5, 5.41) is 0. The monoisotopic (exact) mass is 291 g/mol. The quantitative estimate of drug-likeness (QED) is 0.881. The number of rotatable bonds is 6. The molecule has 0 saturated heterocycles. The minimum Gasteiger partial charge on any atom is -0.494 e. The summed E-state index contributed by atoms with van der Waals surface area (Å²) < 4.78 is 32.2. The minimum absolute atomic E-state index is 0.177. The highest BCUT2D eigenvalue weighted by Crippen LogP contribution is 2.24. The predicted molar refractivity (Wildman–Crippen MR) is 79.5 cm³/mol. The molecule has 0 heterocycles. The van der Waals surface area contributed by atoms with Crippen LogP contribution in [-0.2, 0) is 6.42 Å². The zero-order valence-corrected chi connectivity index (χ0v) is 12.0. The van der Waals surface area contributed by atoms with Gasteiger partial charge in [-0.15, -0.1) is 0 Å². The minimum atomic E-state index is -0.576. The van der Waals surface area contributed by atoms with E-state index < -0.39 is 11.6 Å². The number of halogens is 2. The average Bonchev–Trinajstić information content (AvgIpc) is 2.47. The zero-order valence-electron chi connectivity index (χ0n) is 12.0. The van der Waals surface area contributed by atoms with Gasteiger partial charge in [-0.2, -0.15) is 0 Å². The van der Waals surface area contributed by atoms with E-state index in [4.69, 9.17) is 10.5 Å². The lowest BCUT2D eigenvalue weighted by atomic mass is 9.91. The molecule has 2 nitrogen and oxygen atoms in total. The third kappa shape index (κ3) is 4.02. The van der Waals surface area contributed by atoms with Crippen LogP contribution in [0.4, 0.5) is 8.78 Å².